The maximum atomic E-state index is 13.3. The number of amides is 1. The lowest BCUT2D eigenvalue weighted by Crippen LogP contribution is -2.42. The molecule has 1 atom stereocenters. The summed E-state index contributed by atoms with van der Waals surface area (Å²) in [6, 6.07) is 9.74. The van der Waals surface area contributed by atoms with Gasteiger partial charge >= 0.3 is 0 Å². The van der Waals surface area contributed by atoms with Crippen molar-refractivity contribution in [2.24, 2.45) is 0 Å². The largest absolute Gasteiger partial charge is 0.392 e. The maximum absolute atomic E-state index is 13.3. The summed E-state index contributed by atoms with van der Waals surface area (Å²) in [5.74, 6) is -0.964. The van der Waals surface area contributed by atoms with E-state index in [0.717, 1.165) is 0 Å². The summed E-state index contributed by atoms with van der Waals surface area (Å²) in [4.78, 5) is 12.4. The van der Waals surface area contributed by atoms with Crippen LogP contribution in [0.3, 0.4) is 0 Å². The van der Waals surface area contributed by atoms with Crippen molar-refractivity contribution in [3.8, 4) is 0 Å². The summed E-state index contributed by atoms with van der Waals surface area (Å²) < 4.78 is 40.3. The van der Waals surface area contributed by atoms with E-state index in [-0.39, 0.29) is 21.5 Å². The highest BCUT2D eigenvalue weighted by Crippen LogP contribution is 2.23. The minimum atomic E-state index is -3.80. The van der Waals surface area contributed by atoms with Crippen LogP contribution in [0, 0.1) is 5.82 Å². The van der Waals surface area contributed by atoms with Gasteiger partial charge in [-0.25, -0.2) is 12.8 Å². The fraction of sp³-hybridized carbons (Fsp3) is 0.278. The van der Waals surface area contributed by atoms with E-state index in [9.17, 15) is 22.7 Å². The number of aliphatic hydroxyl groups excluding tert-OH is 1. The van der Waals surface area contributed by atoms with Gasteiger partial charge in [0.2, 0.25) is 10.0 Å². The number of sulfonamides is 1. The highest BCUT2D eigenvalue weighted by atomic mass is 79.9. The molecule has 1 unspecified atom stereocenters. The molecule has 1 saturated heterocycles. The monoisotopic (exact) mass is 456 g/mol. The lowest BCUT2D eigenvalue weighted by molar-refractivity contribution is 0.102. The van der Waals surface area contributed by atoms with Crippen LogP contribution in [0.4, 0.5) is 10.1 Å². The Bertz CT molecular complexity index is 968. The number of anilines is 1. The third-order valence-electron chi connectivity index (χ3n) is 4.27. The Morgan fingerprint density at radius 1 is 1.26 bits per heavy atom. The van der Waals surface area contributed by atoms with Gasteiger partial charge in [-0.15, -0.1) is 0 Å². The molecule has 0 spiro atoms. The zero-order valence-corrected chi connectivity index (χ0v) is 16.6. The van der Waals surface area contributed by atoms with Crippen molar-refractivity contribution in [1.29, 1.82) is 0 Å². The fourth-order valence-corrected chi connectivity index (χ4v) is 4.80. The van der Waals surface area contributed by atoms with Gasteiger partial charge in [0.25, 0.3) is 5.91 Å². The van der Waals surface area contributed by atoms with E-state index in [2.05, 4.69) is 21.2 Å². The number of hydrogen-bond acceptors (Lipinski definition) is 4. The van der Waals surface area contributed by atoms with Crippen molar-refractivity contribution < 1.29 is 22.7 Å². The Labute approximate surface area is 165 Å². The number of halogens is 2. The summed E-state index contributed by atoms with van der Waals surface area (Å²) in [5.41, 5.74) is 0.537. The first-order valence-electron chi connectivity index (χ1n) is 8.32. The van der Waals surface area contributed by atoms with Gasteiger partial charge in [-0.1, -0.05) is 6.07 Å². The van der Waals surface area contributed by atoms with Crippen molar-refractivity contribution in [1.82, 2.24) is 4.31 Å². The van der Waals surface area contributed by atoms with Crippen LogP contribution in [0.25, 0.3) is 0 Å². The van der Waals surface area contributed by atoms with Gasteiger partial charge in [-0.2, -0.15) is 4.31 Å². The maximum Gasteiger partial charge on any atom is 0.255 e. The molecule has 1 amide bonds. The second-order valence-electron chi connectivity index (χ2n) is 6.27. The molecule has 2 aromatic carbocycles. The molecule has 1 fully saturated rings. The minimum absolute atomic E-state index is 0.00969. The van der Waals surface area contributed by atoms with Crippen LogP contribution in [0.2, 0.25) is 0 Å². The van der Waals surface area contributed by atoms with Crippen LogP contribution in [0.5, 0.6) is 0 Å². The van der Waals surface area contributed by atoms with E-state index in [1.165, 1.54) is 46.8 Å². The van der Waals surface area contributed by atoms with Gasteiger partial charge in [0, 0.05) is 24.3 Å². The molecule has 3 rings (SSSR count). The number of rotatable bonds is 4. The lowest BCUT2D eigenvalue weighted by atomic mass is 10.1. The summed E-state index contributed by atoms with van der Waals surface area (Å²) >= 11 is 3.05. The number of carbonyl (C=O) groups excluding carboxylic acids is 1. The molecule has 0 radical (unpaired) electrons. The number of carbonyl (C=O) groups is 1. The molecule has 1 aliphatic heterocycles. The predicted molar refractivity (Wildman–Crippen MR) is 102 cm³/mol. The van der Waals surface area contributed by atoms with E-state index in [4.69, 9.17) is 0 Å². The Morgan fingerprint density at radius 2 is 2.04 bits per heavy atom. The quantitative estimate of drug-likeness (QED) is 0.740. The molecule has 27 heavy (non-hydrogen) atoms. The molecular formula is C18H18BrFN2O4S. The Hall–Kier alpha value is -1.81. The first kappa shape index (κ1) is 19.9. The van der Waals surface area contributed by atoms with E-state index in [1.54, 1.807) is 0 Å². The van der Waals surface area contributed by atoms with Crippen LogP contribution >= 0.6 is 15.9 Å². The Balaban J connectivity index is 1.82. The molecule has 1 heterocycles. The summed E-state index contributed by atoms with van der Waals surface area (Å²) in [6.07, 6.45) is 0.471. The van der Waals surface area contributed by atoms with Gasteiger partial charge in [0.15, 0.2) is 0 Å². The number of nitrogens with zero attached hydrogens (tertiary/aromatic N) is 1. The molecule has 1 aliphatic rings. The summed E-state index contributed by atoms with van der Waals surface area (Å²) in [5, 5.41) is 12.3. The number of benzene rings is 2. The second kappa shape index (κ2) is 8.05. The van der Waals surface area contributed by atoms with E-state index >= 15 is 0 Å². The topological polar surface area (TPSA) is 86.7 Å². The molecule has 6 nitrogen and oxygen atoms in total. The molecular weight excluding hydrogens is 439 g/mol. The van der Waals surface area contributed by atoms with Crippen molar-refractivity contribution in [2.45, 2.75) is 23.8 Å². The van der Waals surface area contributed by atoms with E-state index < -0.39 is 27.9 Å². The predicted octanol–water partition coefficient (Wildman–Crippen LogP) is 2.99. The molecule has 2 N–H and O–H groups in total. The molecule has 9 heteroatoms. The van der Waals surface area contributed by atoms with E-state index in [1.807, 2.05) is 0 Å². The van der Waals surface area contributed by atoms with Crippen molar-refractivity contribution in [3.63, 3.8) is 0 Å². The van der Waals surface area contributed by atoms with Crippen molar-refractivity contribution in [2.75, 3.05) is 18.4 Å². The van der Waals surface area contributed by atoms with Crippen LogP contribution in [-0.2, 0) is 10.0 Å². The lowest BCUT2D eigenvalue weighted by Gasteiger charge is -2.29. The first-order chi connectivity index (χ1) is 12.8. The molecule has 2 aromatic rings. The second-order valence-corrected chi connectivity index (χ2v) is 9.06. The number of β-amino-alcohol motifs (C(OH)–C–C–N with tert-alkyl or cyclic N) is 1. The third kappa shape index (κ3) is 4.55. The van der Waals surface area contributed by atoms with Crippen molar-refractivity contribution in [3.05, 3.63) is 58.3 Å². The number of nitrogens with one attached hydrogen (secondary N) is 1. The average Bonchev–Trinajstić information content (AvgIpc) is 2.65. The highest BCUT2D eigenvalue weighted by molar-refractivity contribution is 9.10. The zero-order chi connectivity index (χ0) is 19.6. The van der Waals surface area contributed by atoms with Gasteiger partial charge in [-0.3, -0.25) is 4.79 Å². The van der Waals surface area contributed by atoms with Crippen molar-refractivity contribution >= 4 is 37.5 Å². The summed E-state index contributed by atoms with van der Waals surface area (Å²) in [7, 11) is -3.80. The Kier molecular flexibility index (Phi) is 5.95. The zero-order valence-electron chi connectivity index (χ0n) is 14.2. The van der Waals surface area contributed by atoms with Crippen LogP contribution in [0.15, 0.2) is 51.8 Å². The molecule has 144 valence electrons. The number of aliphatic hydroxyl groups is 1. The van der Waals surface area contributed by atoms with E-state index in [0.29, 0.717) is 25.1 Å². The van der Waals surface area contributed by atoms with Gasteiger partial charge in [0.05, 0.1) is 15.5 Å². The summed E-state index contributed by atoms with van der Waals surface area (Å²) in [6.45, 7) is 0.377. The number of hydrogen-bond donors (Lipinski definition) is 2. The standard InChI is InChI=1S/C18H18BrFN2O4S/c19-16-10-13(6-7-17(16)20)21-18(24)12-3-1-5-15(9-12)27(25,26)22-8-2-4-14(23)11-22/h1,3,5-7,9-10,14,23H,2,4,8,11H2,(H,21,24). The van der Waals surface area contributed by atoms with Crippen LogP contribution in [-0.4, -0.2) is 42.9 Å². The molecule has 0 aliphatic carbocycles. The van der Waals surface area contributed by atoms with Crippen LogP contribution < -0.4 is 5.32 Å². The normalized spacial score (nSPS) is 18.3. The smallest absolute Gasteiger partial charge is 0.255 e. The molecule has 0 saturated carbocycles. The SMILES string of the molecule is O=C(Nc1ccc(F)c(Br)c1)c1cccc(S(=O)(=O)N2CCCC(O)C2)c1. The minimum Gasteiger partial charge on any atom is -0.392 e. The van der Waals surface area contributed by atoms with Gasteiger partial charge < -0.3 is 10.4 Å². The third-order valence-corrected chi connectivity index (χ3v) is 6.74. The molecule has 0 bridgehead atoms. The molecule has 0 aromatic heterocycles. The average molecular weight is 457 g/mol. The fourth-order valence-electron chi connectivity index (χ4n) is 2.86. The Morgan fingerprint density at radius 3 is 2.74 bits per heavy atom. The van der Waals surface area contributed by atoms with Gasteiger partial charge in [-0.05, 0) is 65.2 Å². The highest BCUT2D eigenvalue weighted by Gasteiger charge is 2.29. The number of piperidine rings is 1. The van der Waals surface area contributed by atoms with Crippen LogP contribution in [0.1, 0.15) is 23.2 Å². The van der Waals surface area contributed by atoms with Gasteiger partial charge in [0.1, 0.15) is 5.82 Å². The first-order valence-corrected chi connectivity index (χ1v) is 10.6.